The van der Waals surface area contributed by atoms with Gasteiger partial charge in [0.25, 0.3) is 0 Å². The van der Waals surface area contributed by atoms with Crippen LogP contribution in [0.4, 0.5) is 0 Å². The van der Waals surface area contributed by atoms with Crippen molar-refractivity contribution < 1.29 is 28.8 Å². The third-order valence-electron chi connectivity index (χ3n) is 2.68. The average Bonchev–Trinajstić information content (AvgIpc) is 3.00. The van der Waals surface area contributed by atoms with Crippen molar-refractivity contribution in [1.29, 1.82) is 0 Å². The Morgan fingerprint density at radius 1 is 1.09 bits per heavy atom. The predicted octanol–water partition coefficient (Wildman–Crippen LogP) is 0.281. The van der Waals surface area contributed by atoms with Gasteiger partial charge >= 0.3 is 5.97 Å². The number of aromatic carboxylic acids is 1. The molecule has 1 heterocycles. The lowest BCUT2D eigenvalue weighted by molar-refractivity contribution is 0.000147. The number of rotatable bonds is 14. The highest BCUT2D eigenvalue weighted by atomic mass is 16.6. The molecule has 0 radical (unpaired) electrons. The van der Waals surface area contributed by atoms with Gasteiger partial charge in [-0.05, 0) is 6.07 Å². The molecule has 0 spiro atoms. The van der Waals surface area contributed by atoms with Crippen LogP contribution in [0.25, 0.3) is 0 Å². The molecular weight excluding hydrogens is 304 g/mol. The molecule has 0 bridgehead atoms. The van der Waals surface area contributed by atoms with Crippen LogP contribution in [-0.2, 0) is 25.5 Å². The fraction of sp³-hybridized carbons (Fsp3) is 0.600. The Kier molecular flexibility index (Phi) is 10.5. The topological polar surface area (TPSA) is 92.0 Å². The monoisotopic (exact) mass is 326 g/mol. The molecule has 0 saturated carbocycles. The smallest absolute Gasteiger partial charge is 0.354 e. The molecule has 8 heteroatoms. The van der Waals surface area contributed by atoms with E-state index in [-0.39, 0.29) is 5.69 Å². The van der Waals surface area contributed by atoms with Crippen molar-refractivity contribution in [3.05, 3.63) is 18.0 Å². The molecule has 1 rings (SSSR count). The fourth-order valence-corrected chi connectivity index (χ4v) is 1.63. The molecule has 0 aromatic carbocycles. The largest absolute Gasteiger partial charge is 0.477 e. The van der Waals surface area contributed by atoms with Crippen molar-refractivity contribution in [3.63, 3.8) is 0 Å². The van der Waals surface area contributed by atoms with Crippen LogP contribution in [0, 0.1) is 12.3 Å². The molecule has 1 aromatic heterocycles. The van der Waals surface area contributed by atoms with Crippen LogP contribution in [0.2, 0.25) is 0 Å². The van der Waals surface area contributed by atoms with E-state index in [0.29, 0.717) is 59.4 Å². The third-order valence-corrected chi connectivity index (χ3v) is 2.68. The van der Waals surface area contributed by atoms with Crippen LogP contribution in [0.15, 0.2) is 12.3 Å². The maximum Gasteiger partial charge on any atom is 0.354 e. The zero-order valence-electron chi connectivity index (χ0n) is 13.0. The van der Waals surface area contributed by atoms with Gasteiger partial charge in [0, 0.05) is 6.20 Å². The van der Waals surface area contributed by atoms with Crippen LogP contribution in [-0.4, -0.2) is 73.7 Å². The summed E-state index contributed by atoms with van der Waals surface area (Å²) >= 11 is 0. The van der Waals surface area contributed by atoms with Crippen molar-refractivity contribution in [2.24, 2.45) is 0 Å². The van der Waals surface area contributed by atoms with Crippen LogP contribution in [0.1, 0.15) is 10.5 Å². The third kappa shape index (κ3) is 8.95. The molecule has 0 aliphatic heterocycles. The number of carboxylic acid groups (broad SMARTS) is 1. The lowest BCUT2D eigenvalue weighted by Gasteiger charge is -2.07. The van der Waals surface area contributed by atoms with Crippen molar-refractivity contribution in [2.75, 3.05) is 52.9 Å². The molecule has 1 aromatic rings. The molecule has 0 saturated heterocycles. The number of hydrogen-bond acceptors (Lipinski definition) is 6. The fourth-order valence-electron chi connectivity index (χ4n) is 1.63. The molecule has 0 fully saturated rings. The molecule has 0 atom stereocenters. The van der Waals surface area contributed by atoms with E-state index in [9.17, 15) is 4.79 Å². The molecule has 0 unspecified atom stereocenters. The van der Waals surface area contributed by atoms with Gasteiger partial charge in [0.05, 0.1) is 52.8 Å². The Hall–Kier alpha value is -1.92. The van der Waals surface area contributed by atoms with Gasteiger partial charge in [0.15, 0.2) is 0 Å². The molecule has 0 aliphatic carbocycles. The van der Waals surface area contributed by atoms with E-state index < -0.39 is 5.97 Å². The van der Waals surface area contributed by atoms with Crippen LogP contribution < -0.4 is 0 Å². The first kappa shape index (κ1) is 19.1. The first-order valence-electron chi connectivity index (χ1n) is 7.25. The number of terminal acetylenes is 1. The van der Waals surface area contributed by atoms with Gasteiger partial charge in [-0.25, -0.2) is 4.79 Å². The van der Waals surface area contributed by atoms with E-state index in [4.69, 9.17) is 30.5 Å². The molecule has 8 nitrogen and oxygen atoms in total. The Bertz CT molecular complexity index is 483. The highest BCUT2D eigenvalue weighted by Gasteiger charge is 2.09. The summed E-state index contributed by atoms with van der Waals surface area (Å²) in [5.41, 5.74) is 0.147. The Morgan fingerprint density at radius 3 is 2.22 bits per heavy atom. The van der Waals surface area contributed by atoms with E-state index in [2.05, 4.69) is 11.0 Å². The van der Waals surface area contributed by atoms with Gasteiger partial charge in [0.2, 0.25) is 0 Å². The number of nitrogens with zero attached hydrogens (tertiary/aromatic N) is 2. The second kappa shape index (κ2) is 12.6. The highest BCUT2D eigenvalue weighted by Crippen LogP contribution is 1.98. The zero-order valence-corrected chi connectivity index (χ0v) is 13.0. The van der Waals surface area contributed by atoms with E-state index in [0.717, 1.165) is 0 Å². The summed E-state index contributed by atoms with van der Waals surface area (Å²) in [7, 11) is 0. The summed E-state index contributed by atoms with van der Waals surface area (Å²) in [6.45, 7) is 3.83. The van der Waals surface area contributed by atoms with Gasteiger partial charge < -0.3 is 24.1 Å². The number of carbonyl (C=O) groups is 1. The maximum absolute atomic E-state index is 10.9. The van der Waals surface area contributed by atoms with Gasteiger partial charge in [0.1, 0.15) is 12.3 Å². The minimum absolute atomic E-state index is 0.147. The van der Waals surface area contributed by atoms with Gasteiger partial charge in [-0.1, -0.05) is 5.92 Å². The van der Waals surface area contributed by atoms with E-state index in [1.54, 1.807) is 0 Å². The summed E-state index contributed by atoms with van der Waals surface area (Å²) in [5, 5.41) is 12.8. The van der Waals surface area contributed by atoms with Crippen molar-refractivity contribution in [2.45, 2.75) is 6.54 Å². The predicted molar refractivity (Wildman–Crippen MR) is 81.3 cm³/mol. The summed E-state index contributed by atoms with van der Waals surface area (Å²) in [6.07, 6.45) is 6.48. The molecule has 0 aliphatic rings. The lowest BCUT2D eigenvalue weighted by atomic mass is 10.4. The van der Waals surface area contributed by atoms with E-state index in [1.807, 2.05) is 0 Å². The molecule has 0 amide bonds. The van der Waals surface area contributed by atoms with Gasteiger partial charge in [-0.3, -0.25) is 4.68 Å². The van der Waals surface area contributed by atoms with Crippen LogP contribution in [0.3, 0.4) is 0 Å². The second-order valence-electron chi connectivity index (χ2n) is 4.34. The first-order chi connectivity index (χ1) is 11.3. The summed E-state index contributed by atoms with van der Waals surface area (Å²) in [6, 6.07) is 1.45. The highest BCUT2D eigenvalue weighted by molar-refractivity contribution is 5.85. The quantitative estimate of drug-likeness (QED) is 0.388. The second-order valence-corrected chi connectivity index (χ2v) is 4.34. The summed E-state index contributed by atoms with van der Waals surface area (Å²) < 4.78 is 22.4. The minimum atomic E-state index is -1.00. The van der Waals surface area contributed by atoms with Crippen LogP contribution in [0.5, 0.6) is 0 Å². The number of ether oxygens (including phenoxy) is 4. The number of aromatic nitrogens is 2. The SMILES string of the molecule is C#CCOCCOCCOCCOCCn1nccc1C(=O)O. The number of hydrogen-bond donors (Lipinski definition) is 1. The normalized spacial score (nSPS) is 10.6. The Morgan fingerprint density at radius 2 is 1.65 bits per heavy atom. The van der Waals surface area contributed by atoms with Crippen molar-refractivity contribution in [1.82, 2.24) is 9.78 Å². The molecular formula is C15H22N2O6. The van der Waals surface area contributed by atoms with E-state index >= 15 is 0 Å². The average molecular weight is 326 g/mol. The maximum atomic E-state index is 10.9. The molecule has 1 N–H and O–H groups in total. The molecule has 23 heavy (non-hydrogen) atoms. The minimum Gasteiger partial charge on any atom is -0.477 e. The van der Waals surface area contributed by atoms with E-state index in [1.165, 1.54) is 16.9 Å². The standard InChI is InChI=1S/C15H22N2O6/c1-2-6-20-8-10-22-12-13-23-11-9-21-7-5-17-14(15(18)19)3-4-16-17/h1,3-4H,5-13H2,(H,18,19). The van der Waals surface area contributed by atoms with Crippen molar-refractivity contribution in [3.8, 4) is 12.3 Å². The Balaban J connectivity index is 1.88. The summed E-state index contributed by atoms with van der Waals surface area (Å²) in [5.74, 6) is 1.37. The van der Waals surface area contributed by atoms with Crippen molar-refractivity contribution >= 4 is 5.97 Å². The molecule has 128 valence electrons. The number of carboxylic acids is 1. The first-order valence-corrected chi connectivity index (χ1v) is 7.25. The van der Waals surface area contributed by atoms with Gasteiger partial charge in [-0.2, -0.15) is 5.10 Å². The van der Waals surface area contributed by atoms with Crippen LogP contribution >= 0.6 is 0 Å². The summed E-state index contributed by atoms with van der Waals surface area (Å²) in [4.78, 5) is 10.9. The lowest BCUT2D eigenvalue weighted by Crippen LogP contribution is -2.16. The van der Waals surface area contributed by atoms with Gasteiger partial charge in [-0.15, -0.1) is 6.42 Å². The zero-order chi connectivity index (χ0) is 16.8. The Labute approximate surface area is 135 Å².